The molecule has 0 atom stereocenters. The van der Waals surface area contributed by atoms with Crippen LogP contribution in [0.15, 0.2) is 38.3 Å². The summed E-state index contributed by atoms with van der Waals surface area (Å²) in [6.45, 7) is 0. The molecule has 88 valence electrons. The smallest absolute Gasteiger partial charge is 0.335 e. The number of benzene rings is 1. The van der Waals surface area contributed by atoms with Gasteiger partial charge < -0.3 is 5.11 Å². The average molecular weight is 318 g/mol. The minimum absolute atomic E-state index is 0.344. The fourth-order valence-corrected chi connectivity index (χ4v) is 1.99. The van der Waals surface area contributed by atoms with Gasteiger partial charge in [-0.1, -0.05) is 17.7 Å². The highest BCUT2D eigenvalue weighted by atomic mass is 79.9. The lowest BCUT2D eigenvalue weighted by atomic mass is 10.3. The second-order valence-corrected chi connectivity index (χ2v) is 4.41. The lowest BCUT2D eigenvalue weighted by Crippen LogP contribution is -2.28. The van der Waals surface area contributed by atoms with Crippen LogP contribution in [-0.4, -0.2) is 14.7 Å². The summed E-state index contributed by atoms with van der Waals surface area (Å²) >= 11 is 9.09. The first-order valence-corrected chi connectivity index (χ1v) is 5.67. The van der Waals surface area contributed by atoms with E-state index in [0.717, 1.165) is 10.6 Å². The van der Waals surface area contributed by atoms with Gasteiger partial charge in [-0.3, -0.25) is 9.78 Å². The number of nitrogens with one attached hydrogen (secondary N) is 1. The predicted octanol–water partition coefficient (Wildman–Crippen LogP) is 1.65. The second kappa shape index (κ2) is 4.38. The molecule has 0 aliphatic rings. The Kier molecular flexibility index (Phi) is 3.08. The zero-order valence-corrected chi connectivity index (χ0v) is 10.6. The molecule has 0 saturated carbocycles. The Morgan fingerprint density at radius 2 is 2.06 bits per heavy atom. The summed E-state index contributed by atoms with van der Waals surface area (Å²) in [5.74, 6) is -0.457. The zero-order valence-electron chi connectivity index (χ0n) is 8.28. The topological polar surface area (TPSA) is 75.1 Å². The molecule has 0 aliphatic carbocycles. The lowest BCUT2D eigenvalue weighted by molar-refractivity contribution is 0.431. The first kappa shape index (κ1) is 11.9. The van der Waals surface area contributed by atoms with E-state index in [2.05, 4.69) is 20.9 Å². The third-order valence-electron chi connectivity index (χ3n) is 2.09. The van der Waals surface area contributed by atoms with Crippen molar-refractivity contribution in [3.05, 3.63) is 54.6 Å². The highest BCUT2D eigenvalue weighted by molar-refractivity contribution is 9.10. The maximum atomic E-state index is 11.6. The van der Waals surface area contributed by atoms with Crippen LogP contribution in [0.2, 0.25) is 5.02 Å². The van der Waals surface area contributed by atoms with Crippen LogP contribution >= 0.6 is 27.5 Å². The van der Waals surface area contributed by atoms with Gasteiger partial charge in [0.1, 0.15) is 0 Å². The van der Waals surface area contributed by atoms with Crippen molar-refractivity contribution in [2.24, 2.45) is 0 Å². The number of rotatable bonds is 1. The van der Waals surface area contributed by atoms with Crippen molar-refractivity contribution in [2.45, 2.75) is 0 Å². The Hall–Kier alpha value is -1.53. The molecule has 0 bridgehead atoms. The van der Waals surface area contributed by atoms with Gasteiger partial charge in [-0.2, -0.15) is 0 Å². The summed E-state index contributed by atoms with van der Waals surface area (Å²) in [5, 5.41) is 10.0. The number of hydrogen-bond acceptors (Lipinski definition) is 3. The summed E-state index contributed by atoms with van der Waals surface area (Å²) in [5.41, 5.74) is -1.06. The van der Waals surface area contributed by atoms with Gasteiger partial charge in [0.2, 0.25) is 5.88 Å². The third kappa shape index (κ3) is 2.13. The molecule has 0 fully saturated rings. The van der Waals surface area contributed by atoms with E-state index in [1.807, 2.05) is 0 Å². The number of halogens is 2. The molecule has 1 aromatic carbocycles. The van der Waals surface area contributed by atoms with Gasteiger partial charge in [-0.15, -0.1) is 0 Å². The van der Waals surface area contributed by atoms with E-state index in [9.17, 15) is 14.7 Å². The third-order valence-corrected chi connectivity index (χ3v) is 3.47. The fraction of sp³-hybridized carbons (Fsp3) is 0. The molecule has 2 N–H and O–H groups in total. The number of nitrogens with zero attached hydrogens (tertiary/aromatic N) is 1. The van der Waals surface area contributed by atoms with Gasteiger partial charge >= 0.3 is 5.69 Å². The Morgan fingerprint density at radius 3 is 2.71 bits per heavy atom. The van der Waals surface area contributed by atoms with Crippen LogP contribution in [-0.2, 0) is 0 Å². The molecule has 2 aromatic rings. The monoisotopic (exact) mass is 316 g/mol. The number of H-pyrrole nitrogens is 1. The average Bonchev–Trinajstić information content (AvgIpc) is 2.23. The van der Waals surface area contributed by atoms with Crippen molar-refractivity contribution in [3.63, 3.8) is 0 Å². The Bertz CT molecular complexity index is 693. The molecule has 0 spiro atoms. The molecule has 0 saturated heterocycles. The van der Waals surface area contributed by atoms with E-state index in [1.54, 1.807) is 18.2 Å². The van der Waals surface area contributed by atoms with Crippen LogP contribution in [0, 0.1) is 0 Å². The lowest BCUT2D eigenvalue weighted by Gasteiger charge is -2.09. The maximum absolute atomic E-state index is 11.6. The molecular weight excluding hydrogens is 311 g/mol. The molecule has 5 nitrogen and oxygen atoms in total. The maximum Gasteiger partial charge on any atom is 0.335 e. The van der Waals surface area contributed by atoms with Crippen LogP contribution in [0.3, 0.4) is 0 Å². The van der Waals surface area contributed by atoms with Crippen LogP contribution in [0.4, 0.5) is 0 Å². The van der Waals surface area contributed by atoms with Gasteiger partial charge in [0.15, 0.2) is 0 Å². The number of hydrogen-bond donors (Lipinski definition) is 2. The van der Waals surface area contributed by atoms with Crippen molar-refractivity contribution in [3.8, 4) is 11.6 Å². The summed E-state index contributed by atoms with van der Waals surface area (Å²) < 4.78 is 1.39. The molecule has 0 radical (unpaired) electrons. The summed E-state index contributed by atoms with van der Waals surface area (Å²) in [6, 6.07) is 5.74. The number of aromatic amines is 1. The standard InChI is InChI=1S/C10H6BrClN2O3/c11-9-5(12)2-1-3-6(9)14-8(16)4-7(15)13-10(14)17/h1-4,16H,(H,13,15,17). The molecule has 0 unspecified atom stereocenters. The van der Waals surface area contributed by atoms with Crippen LogP contribution in [0.1, 0.15) is 0 Å². The SMILES string of the molecule is O=c1cc(O)n(-c2cccc(Cl)c2Br)c(=O)[nH]1. The van der Waals surface area contributed by atoms with Crippen LogP contribution in [0.5, 0.6) is 5.88 Å². The minimum Gasteiger partial charge on any atom is -0.494 e. The molecule has 2 rings (SSSR count). The van der Waals surface area contributed by atoms with Crippen molar-refractivity contribution in [1.82, 2.24) is 9.55 Å². The second-order valence-electron chi connectivity index (χ2n) is 3.21. The highest BCUT2D eigenvalue weighted by Gasteiger charge is 2.11. The largest absolute Gasteiger partial charge is 0.494 e. The first-order chi connectivity index (χ1) is 8.00. The van der Waals surface area contributed by atoms with Crippen molar-refractivity contribution in [1.29, 1.82) is 0 Å². The van der Waals surface area contributed by atoms with Gasteiger partial charge in [-0.05, 0) is 28.1 Å². The van der Waals surface area contributed by atoms with Gasteiger partial charge in [0.05, 0.1) is 21.2 Å². The van der Waals surface area contributed by atoms with Crippen LogP contribution in [0.25, 0.3) is 5.69 Å². The van der Waals surface area contributed by atoms with Crippen molar-refractivity contribution in [2.75, 3.05) is 0 Å². The molecule has 17 heavy (non-hydrogen) atoms. The summed E-state index contributed by atoms with van der Waals surface area (Å²) in [6.07, 6.45) is 0. The summed E-state index contributed by atoms with van der Waals surface area (Å²) in [7, 11) is 0. The molecule has 0 aliphatic heterocycles. The fourth-order valence-electron chi connectivity index (χ4n) is 1.38. The Labute approximate surface area is 108 Å². The molecular formula is C10H6BrClN2O3. The normalized spacial score (nSPS) is 10.5. The predicted molar refractivity (Wildman–Crippen MR) is 67.0 cm³/mol. The minimum atomic E-state index is -0.738. The van der Waals surface area contributed by atoms with Crippen molar-refractivity contribution >= 4 is 27.5 Å². The number of aromatic hydroxyl groups is 1. The van der Waals surface area contributed by atoms with Gasteiger partial charge in [0, 0.05) is 0 Å². The molecule has 1 heterocycles. The van der Waals surface area contributed by atoms with E-state index in [4.69, 9.17) is 11.6 Å². The summed E-state index contributed by atoms with van der Waals surface area (Å²) in [4.78, 5) is 24.6. The Morgan fingerprint density at radius 1 is 1.35 bits per heavy atom. The first-order valence-electron chi connectivity index (χ1n) is 4.50. The highest BCUT2D eigenvalue weighted by Crippen LogP contribution is 2.29. The van der Waals surface area contributed by atoms with Crippen molar-refractivity contribution < 1.29 is 5.11 Å². The van der Waals surface area contributed by atoms with E-state index in [0.29, 0.717) is 15.2 Å². The van der Waals surface area contributed by atoms with E-state index in [-0.39, 0.29) is 0 Å². The zero-order chi connectivity index (χ0) is 12.6. The van der Waals surface area contributed by atoms with E-state index >= 15 is 0 Å². The van der Waals surface area contributed by atoms with E-state index < -0.39 is 17.1 Å². The molecule has 1 aromatic heterocycles. The molecule has 0 amide bonds. The quantitative estimate of drug-likeness (QED) is 0.840. The van der Waals surface area contributed by atoms with Gasteiger partial charge in [-0.25, -0.2) is 9.36 Å². The number of aromatic nitrogens is 2. The van der Waals surface area contributed by atoms with E-state index in [1.165, 1.54) is 0 Å². The van der Waals surface area contributed by atoms with Gasteiger partial charge in [0.25, 0.3) is 5.56 Å². The Balaban J connectivity index is 2.82. The van der Waals surface area contributed by atoms with Crippen LogP contribution < -0.4 is 11.2 Å². The molecule has 7 heteroatoms.